The van der Waals surface area contributed by atoms with Crippen LogP contribution in [0.2, 0.25) is 0 Å². The number of hydrogen-bond donors (Lipinski definition) is 2. The number of hydrogen-bond acceptors (Lipinski definition) is 4. The van der Waals surface area contributed by atoms with Crippen molar-refractivity contribution in [2.24, 2.45) is 0 Å². The Bertz CT molecular complexity index is 467. The molecule has 0 radical (unpaired) electrons. The first-order chi connectivity index (χ1) is 8.04. The first-order valence-corrected chi connectivity index (χ1v) is 5.83. The van der Waals surface area contributed by atoms with Crippen LogP contribution >= 0.6 is 15.9 Å². The molecule has 0 bridgehead atoms. The second-order valence-electron chi connectivity index (χ2n) is 3.35. The second kappa shape index (κ2) is 6.21. The molecular weight excluding hydrogens is 284 g/mol. The number of anilines is 1. The van der Waals surface area contributed by atoms with Crippen LogP contribution in [0.1, 0.15) is 11.5 Å². The van der Waals surface area contributed by atoms with E-state index in [1.807, 2.05) is 19.8 Å². The van der Waals surface area contributed by atoms with Gasteiger partial charge < -0.3 is 10.6 Å². The Morgan fingerprint density at radius 2 is 2.12 bits per heavy atom. The van der Waals surface area contributed by atoms with Crippen LogP contribution in [0.5, 0.6) is 0 Å². The molecule has 1 heterocycles. The molecule has 1 rings (SSSR count). The molecule has 2 N–H and O–H groups in total. The lowest BCUT2D eigenvalue weighted by atomic mass is 10.4. The predicted octanol–water partition coefficient (Wildman–Crippen LogP) is 1.02. The van der Waals surface area contributed by atoms with Crippen molar-refractivity contribution < 1.29 is 4.79 Å². The Kier molecular flexibility index (Phi) is 4.91. The van der Waals surface area contributed by atoms with Gasteiger partial charge in [0.1, 0.15) is 11.6 Å². The van der Waals surface area contributed by atoms with E-state index in [0.717, 1.165) is 10.2 Å². The van der Waals surface area contributed by atoms with Gasteiger partial charge in [-0.25, -0.2) is 9.97 Å². The number of nitrogens with one attached hydrogen (secondary N) is 2. The molecule has 0 aliphatic heterocycles. The number of nitrogens with zero attached hydrogens (tertiary/aromatic N) is 2. The molecule has 90 valence electrons. The molecule has 1 aromatic rings. The number of aromatic nitrogens is 2. The van der Waals surface area contributed by atoms with Crippen LogP contribution in [0, 0.1) is 26.2 Å². The third-order valence-corrected chi connectivity index (χ3v) is 2.91. The van der Waals surface area contributed by atoms with Gasteiger partial charge in [0.25, 0.3) is 5.91 Å². The Morgan fingerprint density at radius 1 is 1.41 bits per heavy atom. The molecule has 1 aromatic heterocycles. The van der Waals surface area contributed by atoms with Crippen molar-refractivity contribution in [1.29, 1.82) is 0 Å². The number of aryl methyl sites for hydroxylation is 2. The molecule has 0 aromatic carbocycles. The Balaban J connectivity index is 2.53. The van der Waals surface area contributed by atoms with Crippen molar-refractivity contribution in [3.05, 3.63) is 16.0 Å². The van der Waals surface area contributed by atoms with Gasteiger partial charge in [0, 0.05) is 13.1 Å². The molecule has 0 fully saturated rings. The molecule has 0 spiro atoms. The normalized spacial score (nSPS) is 9.53. The maximum absolute atomic E-state index is 10.8. The zero-order chi connectivity index (χ0) is 12.8. The third-order valence-electron chi connectivity index (χ3n) is 1.96. The fraction of sp³-hybridized carbons (Fsp3) is 0.364. The fourth-order valence-electron chi connectivity index (χ4n) is 1.22. The predicted molar refractivity (Wildman–Crippen MR) is 69.5 cm³/mol. The summed E-state index contributed by atoms with van der Waals surface area (Å²) in [5.74, 6) is 2.97. The van der Waals surface area contributed by atoms with Crippen molar-refractivity contribution in [2.45, 2.75) is 13.8 Å². The van der Waals surface area contributed by atoms with Crippen LogP contribution < -0.4 is 10.6 Å². The molecule has 0 saturated carbocycles. The van der Waals surface area contributed by atoms with Gasteiger partial charge in [0.05, 0.1) is 10.2 Å². The van der Waals surface area contributed by atoms with E-state index in [4.69, 9.17) is 6.42 Å². The van der Waals surface area contributed by atoms with Gasteiger partial charge in [-0.05, 0) is 35.7 Å². The van der Waals surface area contributed by atoms with Gasteiger partial charge in [-0.2, -0.15) is 0 Å². The average molecular weight is 297 g/mol. The highest BCUT2D eigenvalue weighted by Crippen LogP contribution is 2.22. The maximum atomic E-state index is 10.8. The number of carbonyl (C=O) groups excluding carboxylic acids is 1. The quantitative estimate of drug-likeness (QED) is 0.643. The van der Waals surface area contributed by atoms with Gasteiger partial charge >= 0.3 is 0 Å². The molecule has 0 saturated heterocycles. The molecule has 0 aliphatic rings. The first-order valence-electron chi connectivity index (χ1n) is 5.03. The molecule has 0 aliphatic carbocycles. The molecule has 1 amide bonds. The number of carbonyl (C=O) groups is 1. The fourth-order valence-corrected chi connectivity index (χ4v) is 1.54. The highest BCUT2D eigenvalue weighted by molar-refractivity contribution is 9.10. The monoisotopic (exact) mass is 296 g/mol. The van der Waals surface area contributed by atoms with E-state index < -0.39 is 5.91 Å². The highest BCUT2D eigenvalue weighted by Gasteiger charge is 2.06. The van der Waals surface area contributed by atoms with E-state index in [-0.39, 0.29) is 0 Å². The standard InChI is InChI=1S/C11H13BrN4O/c1-4-9(17)13-5-6-14-11-10(12)7(2)15-8(3)16-11/h1H,5-6H2,2-3H3,(H,13,17)(H,14,15,16). The smallest absolute Gasteiger partial charge is 0.295 e. The van der Waals surface area contributed by atoms with Crippen molar-refractivity contribution in [1.82, 2.24) is 15.3 Å². The highest BCUT2D eigenvalue weighted by atomic mass is 79.9. The van der Waals surface area contributed by atoms with Crippen molar-refractivity contribution in [3.8, 4) is 12.3 Å². The second-order valence-corrected chi connectivity index (χ2v) is 4.14. The first kappa shape index (κ1) is 13.5. The van der Waals surface area contributed by atoms with Gasteiger partial charge in [0.15, 0.2) is 0 Å². The molecule has 17 heavy (non-hydrogen) atoms. The maximum Gasteiger partial charge on any atom is 0.295 e. The van der Waals surface area contributed by atoms with E-state index in [1.54, 1.807) is 0 Å². The zero-order valence-electron chi connectivity index (χ0n) is 9.67. The SMILES string of the molecule is C#CC(=O)NCCNc1nc(C)nc(C)c1Br. The minimum atomic E-state index is -0.416. The summed E-state index contributed by atoms with van der Waals surface area (Å²) in [6.45, 7) is 4.70. The summed E-state index contributed by atoms with van der Waals surface area (Å²) in [6.07, 6.45) is 4.92. The van der Waals surface area contributed by atoms with E-state index in [0.29, 0.717) is 24.7 Å². The molecule has 5 nitrogen and oxygen atoms in total. The molecule has 6 heteroatoms. The molecule has 0 unspecified atom stereocenters. The third kappa shape index (κ3) is 4.04. The summed E-state index contributed by atoms with van der Waals surface area (Å²) in [7, 11) is 0. The molecule has 0 atom stereocenters. The van der Waals surface area contributed by atoms with Gasteiger partial charge in [-0.3, -0.25) is 4.79 Å². The Morgan fingerprint density at radius 3 is 2.76 bits per heavy atom. The van der Waals surface area contributed by atoms with Crippen LogP contribution in [0.25, 0.3) is 0 Å². The molecular formula is C11H13BrN4O. The number of terminal acetylenes is 1. The number of amides is 1. The van der Waals surface area contributed by atoms with Crippen LogP contribution in [0.3, 0.4) is 0 Å². The van der Waals surface area contributed by atoms with Crippen LogP contribution in [0.15, 0.2) is 4.47 Å². The van der Waals surface area contributed by atoms with Crippen LogP contribution in [-0.2, 0) is 4.79 Å². The van der Waals surface area contributed by atoms with Crippen molar-refractivity contribution in [3.63, 3.8) is 0 Å². The van der Waals surface area contributed by atoms with E-state index in [9.17, 15) is 4.79 Å². The zero-order valence-corrected chi connectivity index (χ0v) is 11.3. The Labute approximate surface area is 109 Å². The Hall–Kier alpha value is -1.61. The largest absolute Gasteiger partial charge is 0.367 e. The van der Waals surface area contributed by atoms with Gasteiger partial charge in [-0.1, -0.05) is 0 Å². The van der Waals surface area contributed by atoms with Crippen molar-refractivity contribution in [2.75, 3.05) is 18.4 Å². The van der Waals surface area contributed by atoms with E-state index >= 15 is 0 Å². The lowest BCUT2D eigenvalue weighted by molar-refractivity contribution is -0.115. The minimum Gasteiger partial charge on any atom is -0.367 e. The van der Waals surface area contributed by atoms with Gasteiger partial charge in [-0.15, -0.1) is 6.42 Å². The van der Waals surface area contributed by atoms with Crippen LogP contribution in [-0.4, -0.2) is 29.0 Å². The lowest BCUT2D eigenvalue weighted by Gasteiger charge is -2.09. The van der Waals surface area contributed by atoms with E-state index in [2.05, 4.69) is 36.5 Å². The topological polar surface area (TPSA) is 66.9 Å². The average Bonchev–Trinajstić information content (AvgIpc) is 2.30. The van der Waals surface area contributed by atoms with Gasteiger partial charge in [0.2, 0.25) is 0 Å². The van der Waals surface area contributed by atoms with Crippen LogP contribution in [0.4, 0.5) is 5.82 Å². The lowest BCUT2D eigenvalue weighted by Crippen LogP contribution is -2.27. The van der Waals surface area contributed by atoms with Crippen molar-refractivity contribution >= 4 is 27.7 Å². The summed E-state index contributed by atoms with van der Waals surface area (Å²) in [5, 5.41) is 5.65. The summed E-state index contributed by atoms with van der Waals surface area (Å²) in [5.41, 5.74) is 0.868. The summed E-state index contributed by atoms with van der Waals surface area (Å²) in [4.78, 5) is 19.2. The summed E-state index contributed by atoms with van der Waals surface area (Å²) >= 11 is 3.40. The summed E-state index contributed by atoms with van der Waals surface area (Å²) in [6, 6.07) is 0. The van der Waals surface area contributed by atoms with E-state index in [1.165, 1.54) is 0 Å². The minimum absolute atomic E-state index is 0.416. The number of halogens is 1. The number of rotatable bonds is 4. The summed E-state index contributed by atoms with van der Waals surface area (Å²) < 4.78 is 0.825.